The molecule has 1 amide bonds. The number of hydrogen-bond donors (Lipinski definition) is 1. The largest absolute Gasteiger partial charge is 0.468 e. The summed E-state index contributed by atoms with van der Waals surface area (Å²) in [5.41, 5.74) is 0. The molecule has 0 radical (unpaired) electrons. The molecule has 3 aliphatic rings. The zero-order chi connectivity index (χ0) is 15.6. The zero-order valence-corrected chi connectivity index (χ0v) is 13.9. The van der Waals surface area contributed by atoms with E-state index in [9.17, 15) is 4.79 Å². The molecule has 0 unspecified atom stereocenters. The Hall–Kier alpha value is -1.29. The van der Waals surface area contributed by atoms with Gasteiger partial charge >= 0.3 is 0 Å². The Balaban J connectivity index is 1.31. The molecule has 0 aromatic carbocycles. The van der Waals surface area contributed by atoms with E-state index in [0.717, 1.165) is 37.1 Å². The van der Waals surface area contributed by atoms with Crippen LogP contribution in [0, 0.1) is 17.8 Å². The van der Waals surface area contributed by atoms with Crippen LogP contribution >= 0.6 is 0 Å². The molecule has 2 aliphatic carbocycles. The summed E-state index contributed by atoms with van der Waals surface area (Å²) < 4.78 is 5.62. The van der Waals surface area contributed by atoms with E-state index in [1.807, 2.05) is 12.1 Å². The van der Waals surface area contributed by atoms with Gasteiger partial charge in [-0.3, -0.25) is 9.69 Å². The summed E-state index contributed by atoms with van der Waals surface area (Å²) >= 11 is 0. The average molecular weight is 316 g/mol. The lowest BCUT2D eigenvalue weighted by molar-refractivity contribution is -0.122. The van der Waals surface area contributed by atoms with Crippen molar-refractivity contribution in [3.05, 3.63) is 24.2 Å². The van der Waals surface area contributed by atoms with Gasteiger partial charge in [-0.1, -0.05) is 6.42 Å². The van der Waals surface area contributed by atoms with E-state index >= 15 is 0 Å². The number of furan rings is 1. The average Bonchev–Trinajstić information content (AvgIpc) is 3.33. The predicted octanol–water partition coefficient (Wildman–Crippen LogP) is 3.36. The maximum Gasteiger partial charge on any atom is 0.220 e. The van der Waals surface area contributed by atoms with Gasteiger partial charge in [-0.05, 0) is 75.1 Å². The lowest BCUT2D eigenvalue weighted by Gasteiger charge is -2.27. The molecular formula is C19H28N2O2. The molecular weight excluding hydrogens is 288 g/mol. The van der Waals surface area contributed by atoms with Crippen LogP contribution in [0.15, 0.2) is 22.8 Å². The van der Waals surface area contributed by atoms with Gasteiger partial charge in [0.05, 0.1) is 12.3 Å². The van der Waals surface area contributed by atoms with Crippen LogP contribution in [0.25, 0.3) is 0 Å². The van der Waals surface area contributed by atoms with Crippen molar-refractivity contribution in [3.8, 4) is 0 Å². The van der Waals surface area contributed by atoms with Gasteiger partial charge in [0.25, 0.3) is 0 Å². The van der Waals surface area contributed by atoms with E-state index < -0.39 is 0 Å². The molecule has 1 aromatic rings. The van der Waals surface area contributed by atoms with Crippen molar-refractivity contribution >= 4 is 5.91 Å². The number of nitrogens with one attached hydrogen (secondary N) is 1. The van der Waals surface area contributed by atoms with Crippen molar-refractivity contribution in [2.75, 3.05) is 19.6 Å². The van der Waals surface area contributed by atoms with E-state index in [0.29, 0.717) is 12.5 Å². The molecule has 23 heavy (non-hydrogen) atoms. The fourth-order valence-corrected chi connectivity index (χ4v) is 5.09. The molecule has 1 N–H and O–H groups in total. The lowest BCUT2D eigenvalue weighted by Crippen LogP contribution is -2.37. The quantitative estimate of drug-likeness (QED) is 0.875. The van der Waals surface area contributed by atoms with E-state index in [2.05, 4.69) is 10.2 Å². The molecule has 2 heterocycles. The first-order valence-electron chi connectivity index (χ1n) is 9.34. The van der Waals surface area contributed by atoms with E-state index in [4.69, 9.17) is 4.42 Å². The van der Waals surface area contributed by atoms with Crippen molar-refractivity contribution in [1.29, 1.82) is 0 Å². The van der Waals surface area contributed by atoms with Crippen LogP contribution in [-0.4, -0.2) is 30.4 Å². The van der Waals surface area contributed by atoms with Crippen LogP contribution in [0.4, 0.5) is 0 Å². The third-order valence-corrected chi connectivity index (χ3v) is 6.28. The highest BCUT2D eigenvalue weighted by Gasteiger charge is 2.40. The van der Waals surface area contributed by atoms with E-state index in [-0.39, 0.29) is 11.9 Å². The smallest absolute Gasteiger partial charge is 0.220 e. The second kappa shape index (κ2) is 6.68. The molecule has 1 aliphatic heterocycles. The fourth-order valence-electron chi connectivity index (χ4n) is 5.09. The van der Waals surface area contributed by atoms with Crippen molar-refractivity contribution in [2.24, 2.45) is 17.8 Å². The lowest BCUT2D eigenvalue weighted by atomic mass is 9.86. The minimum absolute atomic E-state index is 0.191. The topological polar surface area (TPSA) is 45.5 Å². The van der Waals surface area contributed by atoms with Gasteiger partial charge in [-0.2, -0.15) is 0 Å². The van der Waals surface area contributed by atoms with Gasteiger partial charge in [0.1, 0.15) is 5.76 Å². The Morgan fingerprint density at radius 2 is 2.17 bits per heavy atom. The molecule has 4 rings (SSSR count). The Labute approximate surface area is 138 Å². The van der Waals surface area contributed by atoms with Crippen LogP contribution in [-0.2, 0) is 4.79 Å². The Kier molecular flexibility index (Phi) is 4.43. The molecule has 2 bridgehead atoms. The number of amides is 1. The third-order valence-electron chi connectivity index (χ3n) is 6.28. The van der Waals surface area contributed by atoms with Crippen molar-refractivity contribution in [1.82, 2.24) is 10.2 Å². The van der Waals surface area contributed by atoms with E-state index in [1.165, 1.54) is 38.5 Å². The van der Waals surface area contributed by atoms with Gasteiger partial charge in [-0.15, -0.1) is 0 Å². The van der Waals surface area contributed by atoms with E-state index in [1.54, 1.807) is 6.26 Å². The van der Waals surface area contributed by atoms with Gasteiger partial charge in [0.2, 0.25) is 5.91 Å². The molecule has 126 valence electrons. The second-order valence-corrected chi connectivity index (χ2v) is 7.72. The summed E-state index contributed by atoms with van der Waals surface area (Å²) in [6.07, 6.45) is 10.4. The van der Waals surface area contributed by atoms with Gasteiger partial charge in [0, 0.05) is 13.0 Å². The van der Waals surface area contributed by atoms with Crippen LogP contribution in [0.3, 0.4) is 0 Å². The molecule has 4 nitrogen and oxygen atoms in total. The molecule has 3 fully saturated rings. The number of nitrogens with zero attached hydrogens (tertiary/aromatic N) is 1. The zero-order valence-electron chi connectivity index (χ0n) is 13.9. The Morgan fingerprint density at radius 3 is 2.83 bits per heavy atom. The molecule has 1 aromatic heterocycles. The second-order valence-electron chi connectivity index (χ2n) is 7.72. The van der Waals surface area contributed by atoms with Crippen LogP contribution in [0.5, 0.6) is 0 Å². The van der Waals surface area contributed by atoms with Crippen molar-refractivity contribution in [3.63, 3.8) is 0 Å². The highest BCUT2D eigenvalue weighted by atomic mass is 16.3. The van der Waals surface area contributed by atoms with Crippen LogP contribution in [0.2, 0.25) is 0 Å². The minimum Gasteiger partial charge on any atom is -0.468 e. The summed E-state index contributed by atoms with van der Waals surface area (Å²) in [6, 6.07) is 4.16. The highest BCUT2D eigenvalue weighted by Crippen LogP contribution is 2.49. The van der Waals surface area contributed by atoms with Crippen LogP contribution < -0.4 is 5.32 Å². The van der Waals surface area contributed by atoms with Crippen molar-refractivity contribution < 1.29 is 9.21 Å². The summed E-state index contributed by atoms with van der Waals surface area (Å²) in [4.78, 5) is 14.8. The minimum atomic E-state index is 0.191. The first-order chi connectivity index (χ1) is 11.3. The normalized spacial score (nSPS) is 31.6. The van der Waals surface area contributed by atoms with Gasteiger partial charge in [0.15, 0.2) is 0 Å². The Morgan fingerprint density at radius 1 is 1.30 bits per heavy atom. The Bertz CT molecular complexity index is 521. The maximum atomic E-state index is 12.4. The predicted molar refractivity (Wildman–Crippen MR) is 88.8 cm³/mol. The molecule has 4 heteroatoms. The molecule has 4 atom stereocenters. The van der Waals surface area contributed by atoms with Gasteiger partial charge < -0.3 is 9.73 Å². The first-order valence-corrected chi connectivity index (χ1v) is 9.34. The highest BCUT2D eigenvalue weighted by molar-refractivity contribution is 5.76. The van der Waals surface area contributed by atoms with Crippen molar-refractivity contribution in [2.45, 2.75) is 51.0 Å². The number of fused-ring (bicyclic) bond motifs is 2. The SMILES string of the molecule is O=C(C[C@@H]1C[C@H]2CC[C@H]1C2)NC[C@H](c1ccco1)N1CCCC1. The molecule has 2 saturated carbocycles. The number of carbonyl (C=O) groups is 1. The molecule has 1 saturated heterocycles. The number of likely N-dealkylation sites (tertiary alicyclic amines) is 1. The molecule has 0 spiro atoms. The van der Waals surface area contributed by atoms with Crippen LogP contribution in [0.1, 0.15) is 56.7 Å². The summed E-state index contributed by atoms with van der Waals surface area (Å²) in [6.45, 7) is 2.88. The maximum absolute atomic E-state index is 12.4. The first kappa shape index (κ1) is 15.3. The summed E-state index contributed by atoms with van der Waals surface area (Å²) in [5.74, 6) is 3.59. The number of carbonyl (C=O) groups excluding carboxylic acids is 1. The third kappa shape index (κ3) is 3.32. The number of hydrogen-bond acceptors (Lipinski definition) is 3. The summed E-state index contributed by atoms with van der Waals surface area (Å²) in [5, 5.41) is 3.19. The fraction of sp³-hybridized carbons (Fsp3) is 0.737. The number of rotatable bonds is 6. The summed E-state index contributed by atoms with van der Waals surface area (Å²) in [7, 11) is 0. The standard InChI is InChI=1S/C19H28N2O2/c22-19(12-16-11-14-5-6-15(16)10-14)20-13-17(18-4-3-9-23-18)21-7-1-2-8-21/h3-4,9,14-17H,1-2,5-8,10-13H2,(H,20,22)/t14-,15-,16-,17+/m0/s1. The monoisotopic (exact) mass is 316 g/mol. The van der Waals surface area contributed by atoms with Gasteiger partial charge in [-0.25, -0.2) is 0 Å².